The van der Waals surface area contributed by atoms with Gasteiger partial charge in [0.1, 0.15) is 6.04 Å². The van der Waals surface area contributed by atoms with Crippen molar-refractivity contribution in [2.24, 2.45) is 0 Å². The Morgan fingerprint density at radius 3 is 2.56 bits per heavy atom. The van der Waals surface area contributed by atoms with Crippen LogP contribution in [0.1, 0.15) is 52.4 Å². The van der Waals surface area contributed by atoms with E-state index in [9.17, 15) is 4.79 Å². The highest BCUT2D eigenvalue weighted by atomic mass is 16.2. The van der Waals surface area contributed by atoms with Gasteiger partial charge >= 0.3 is 6.03 Å². The minimum Gasteiger partial charge on any atom is -0.318 e. The molecule has 1 aliphatic heterocycles. The second-order valence-electron chi connectivity index (χ2n) is 9.40. The largest absolute Gasteiger partial charge is 0.322 e. The van der Waals surface area contributed by atoms with Crippen LogP contribution in [0, 0.1) is 6.92 Å². The fraction of sp³-hybridized carbons (Fsp3) is 0.233. The number of carbonyl (C=O) groups excluding carboxylic acids is 1. The number of aryl methyl sites for hydroxylation is 2. The lowest BCUT2D eigenvalue weighted by Gasteiger charge is -2.32. The van der Waals surface area contributed by atoms with Crippen molar-refractivity contribution in [1.82, 2.24) is 9.47 Å². The molecule has 4 heteroatoms. The van der Waals surface area contributed by atoms with Gasteiger partial charge in [-0.3, -0.25) is 0 Å². The second-order valence-corrected chi connectivity index (χ2v) is 9.40. The number of fused-ring (bicyclic) bond motifs is 4. The summed E-state index contributed by atoms with van der Waals surface area (Å²) >= 11 is 0. The zero-order chi connectivity index (χ0) is 23.1. The zero-order valence-electron chi connectivity index (χ0n) is 19.5. The summed E-state index contributed by atoms with van der Waals surface area (Å²) in [6.07, 6.45) is 6.62. The molecule has 34 heavy (non-hydrogen) atoms. The van der Waals surface area contributed by atoms with E-state index in [2.05, 4.69) is 102 Å². The van der Waals surface area contributed by atoms with Crippen molar-refractivity contribution >= 4 is 11.7 Å². The van der Waals surface area contributed by atoms with Crippen molar-refractivity contribution in [2.75, 3.05) is 5.32 Å². The average Bonchev–Trinajstić information content (AvgIpc) is 3.29. The maximum Gasteiger partial charge on any atom is 0.322 e. The number of hydrogen-bond donors (Lipinski definition) is 1. The molecule has 0 bridgehead atoms. The summed E-state index contributed by atoms with van der Waals surface area (Å²) in [6.45, 7) is 2.67. The van der Waals surface area contributed by atoms with Gasteiger partial charge in [0.05, 0.1) is 12.2 Å². The molecule has 4 aromatic rings. The predicted octanol–water partition coefficient (Wildman–Crippen LogP) is 6.80. The number of carbonyl (C=O) groups is 1. The molecule has 3 aromatic carbocycles. The first-order valence-electron chi connectivity index (χ1n) is 12.2. The van der Waals surface area contributed by atoms with Crippen LogP contribution in [0.5, 0.6) is 0 Å². The number of urea groups is 1. The van der Waals surface area contributed by atoms with Gasteiger partial charge in [-0.15, -0.1) is 0 Å². The molecule has 2 aliphatic rings. The number of hydrogen-bond acceptors (Lipinski definition) is 1. The molecule has 1 aliphatic carbocycles. The molecule has 2 amide bonds. The number of rotatable bonds is 2. The topological polar surface area (TPSA) is 37.3 Å². The standard InChI is InChI=1S/C30H29N3O/c1-21-10-2-5-14-24(21)29-28-18-9-19-32(28)27-17-7-4-12-23(27)20-33(29)30(34)31-26-16-8-13-22-11-3-6-15-25(22)26/h2,4-5,7-10,12-14,16-19,29H,3,6,11,15,20H2,1H3,(H,31,34). The summed E-state index contributed by atoms with van der Waals surface area (Å²) in [7, 11) is 0. The van der Waals surface area contributed by atoms with Gasteiger partial charge in [-0.25, -0.2) is 4.79 Å². The normalized spacial score (nSPS) is 16.7. The summed E-state index contributed by atoms with van der Waals surface area (Å²) in [4.78, 5) is 16.1. The minimum absolute atomic E-state index is 0.0586. The molecule has 0 spiro atoms. The van der Waals surface area contributed by atoms with Crippen molar-refractivity contribution in [3.05, 3.63) is 119 Å². The van der Waals surface area contributed by atoms with Crippen LogP contribution >= 0.6 is 0 Å². The first-order chi connectivity index (χ1) is 16.7. The van der Waals surface area contributed by atoms with Gasteiger partial charge in [0, 0.05) is 17.6 Å². The number of para-hydroxylation sites is 1. The Bertz CT molecular complexity index is 1370. The Hall–Kier alpha value is -3.79. The van der Waals surface area contributed by atoms with Crippen LogP contribution in [0.2, 0.25) is 0 Å². The van der Waals surface area contributed by atoms with E-state index in [0.29, 0.717) is 6.54 Å². The van der Waals surface area contributed by atoms with Crippen LogP contribution in [0.15, 0.2) is 85.1 Å². The number of nitrogens with one attached hydrogen (secondary N) is 1. The average molecular weight is 448 g/mol. The Balaban J connectivity index is 1.47. The van der Waals surface area contributed by atoms with Gasteiger partial charge in [0.2, 0.25) is 0 Å². The first-order valence-corrected chi connectivity index (χ1v) is 12.2. The van der Waals surface area contributed by atoms with E-state index in [4.69, 9.17) is 0 Å². The van der Waals surface area contributed by atoms with Crippen LogP contribution in [0.3, 0.4) is 0 Å². The van der Waals surface area contributed by atoms with Crippen LogP contribution in [0.25, 0.3) is 5.69 Å². The van der Waals surface area contributed by atoms with E-state index < -0.39 is 0 Å². The van der Waals surface area contributed by atoms with Gasteiger partial charge in [-0.1, -0.05) is 54.6 Å². The second kappa shape index (κ2) is 8.53. The number of nitrogens with zero attached hydrogens (tertiary/aromatic N) is 2. The number of aromatic nitrogens is 1. The minimum atomic E-state index is -0.192. The van der Waals surface area contributed by atoms with Crippen molar-refractivity contribution in [2.45, 2.75) is 45.2 Å². The van der Waals surface area contributed by atoms with Gasteiger partial charge < -0.3 is 14.8 Å². The first kappa shape index (κ1) is 20.8. The van der Waals surface area contributed by atoms with Crippen LogP contribution in [-0.2, 0) is 19.4 Å². The molecule has 0 saturated carbocycles. The summed E-state index contributed by atoms with van der Waals surface area (Å²) in [5.74, 6) is 0. The highest BCUT2D eigenvalue weighted by Gasteiger charge is 2.34. The molecule has 170 valence electrons. The van der Waals surface area contributed by atoms with E-state index in [1.807, 2.05) is 4.90 Å². The SMILES string of the molecule is Cc1ccccc1C1c2cccn2-c2ccccc2CN1C(=O)Nc1cccc2c1CCCC2. The van der Waals surface area contributed by atoms with E-state index in [1.165, 1.54) is 29.5 Å². The third kappa shape index (κ3) is 3.50. The van der Waals surface area contributed by atoms with Crippen molar-refractivity contribution in [1.29, 1.82) is 0 Å². The molecule has 0 radical (unpaired) electrons. The molecule has 1 unspecified atom stereocenters. The van der Waals surface area contributed by atoms with Crippen molar-refractivity contribution in [3.63, 3.8) is 0 Å². The molecule has 1 atom stereocenters. The molecule has 0 saturated heterocycles. The van der Waals surface area contributed by atoms with E-state index >= 15 is 0 Å². The fourth-order valence-corrected chi connectivity index (χ4v) is 5.65. The maximum absolute atomic E-state index is 14.0. The van der Waals surface area contributed by atoms with Gasteiger partial charge in [0.25, 0.3) is 0 Å². The van der Waals surface area contributed by atoms with E-state index in [0.717, 1.165) is 41.0 Å². The number of amides is 2. The van der Waals surface area contributed by atoms with Crippen molar-refractivity contribution < 1.29 is 4.79 Å². The molecule has 2 heterocycles. The van der Waals surface area contributed by atoms with E-state index in [1.54, 1.807) is 0 Å². The summed E-state index contributed by atoms with van der Waals surface area (Å²) in [5, 5.41) is 3.32. The maximum atomic E-state index is 14.0. The van der Waals surface area contributed by atoms with Gasteiger partial charge in [-0.2, -0.15) is 0 Å². The lowest BCUT2D eigenvalue weighted by molar-refractivity contribution is 0.194. The fourth-order valence-electron chi connectivity index (χ4n) is 5.65. The summed E-state index contributed by atoms with van der Waals surface area (Å²) in [6, 6.07) is 27.1. The third-order valence-corrected chi connectivity index (χ3v) is 7.35. The molecule has 1 aromatic heterocycles. The summed E-state index contributed by atoms with van der Waals surface area (Å²) in [5.41, 5.74) is 9.34. The molecule has 4 nitrogen and oxygen atoms in total. The molecular weight excluding hydrogens is 418 g/mol. The lowest BCUT2D eigenvalue weighted by atomic mass is 9.90. The molecule has 0 fully saturated rings. The molecular formula is C30H29N3O. The predicted molar refractivity (Wildman–Crippen MR) is 136 cm³/mol. The Labute approximate surface area is 200 Å². The van der Waals surface area contributed by atoms with Gasteiger partial charge in [-0.05, 0) is 84.7 Å². The smallest absolute Gasteiger partial charge is 0.318 e. The Morgan fingerprint density at radius 1 is 0.853 bits per heavy atom. The summed E-state index contributed by atoms with van der Waals surface area (Å²) < 4.78 is 2.24. The molecule has 1 N–H and O–H groups in total. The Morgan fingerprint density at radius 2 is 1.65 bits per heavy atom. The highest BCUT2D eigenvalue weighted by Crippen LogP contribution is 2.38. The molecule has 6 rings (SSSR count). The van der Waals surface area contributed by atoms with E-state index in [-0.39, 0.29) is 12.1 Å². The lowest BCUT2D eigenvalue weighted by Crippen LogP contribution is -2.38. The van der Waals surface area contributed by atoms with Crippen LogP contribution in [0.4, 0.5) is 10.5 Å². The quantitative estimate of drug-likeness (QED) is 0.360. The highest BCUT2D eigenvalue weighted by molar-refractivity contribution is 5.91. The van der Waals surface area contributed by atoms with Gasteiger partial charge in [0.15, 0.2) is 0 Å². The van der Waals surface area contributed by atoms with Crippen LogP contribution in [-0.4, -0.2) is 15.5 Å². The van der Waals surface area contributed by atoms with Crippen molar-refractivity contribution in [3.8, 4) is 5.69 Å². The van der Waals surface area contributed by atoms with Crippen LogP contribution < -0.4 is 5.32 Å². The third-order valence-electron chi connectivity index (χ3n) is 7.35. The Kier molecular flexibility index (Phi) is 5.21. The number of anilines is 1. The zero-order valence-corrected chi connectivity index (χ0v) is 19.5. The number of benzene rings is 3. The monoisotopic (exact) mass is 447 g/mol.